The van der Waals surface area contributed by atoms with Gasteiger partial charge >= 0.3 is 5.97 Å². The third kappa shape index (κ3) is 5.89. The molecule has 18 heavy (non-hydrogen) atoms. The number of carbonyl (C=O) groups excluding carboxylic acids is 1. The molecule has 0 spiro atoms. The summed E-state index contributed by atoms with van der Waals surface area (Å²) < 4.78 is 4.65. The number of esters is 1. The van der Waals surface area contributed by atoms with Crippen molar-refractivity contribution in [3.63, 3.8) is 0 Å². The van der Waals surface area contributed by atoms with E-state index in [1.54, 1.807) is 11.3 Å². The summed E-state index contributed by atoms with van der Waals surface area (Å²) in [5.74, 6) is -0.176. The number of thioether (sulfide) groups is 1. The minimum Gasteiger partial charge on any atom is -0.469 e. The van der Waals surface area contributed by atoms with Crippen LogP contribution in [0.25, 0.3) is 0 Å². The lowest BCUT2D eigenvalue weighted by Gasteiger charge is -2.08. The van der Waals surface area contributed by atoms with Crippen molar-refractivity contribution in [3.05, 3.63) is 21.9 Å². The molecule has 0 aliphatic rings. The number of carbonyl (C=O) groups is 1. The maximum atomic E-state index is 11.1. The van der Waals surface area contributed by atoms with E-state index >= 15 is 0 Å². The molecular formula is C13H21NO2S2. The van der Waals surface area contributed by atoms with E-state index in [2.05, 4.69) is 29.3 Å². The van der Waals surface area contributed by atoms with Crippen LogP contribution in [0.4, 0.5) is 0 Å². The van der Waals surface area contributed by atoms with E-state index < -0.39 is 0 Å². The number of hydrogen-bond acceptors (Lipinski definition) is 5. The largest absolute Gasteiger partial charge is 0.469 e. The van der Waals surface area contributed by atoms with E-state index in [1.165, 1.54) is 18.4 Å². The Hall–Kier alpha value is -0.520. The van der Waals surface area contributed by atoms with Crippen LogP contribution in [0.15, 0.2) is 12.1 Å². The van der Waals surface area contributed by atoms with Crippen LogP contribution in [-0.2, 0) is 22.5 Å². The highest BCUT2D eigenvalue weighted by molar-refractivity contribution is 7.99. The van der Waals surface area contributed by atoms with Crippen LogP contribution in [-0.4, -0.2) is 31.1 Å². The molecule has 1 rings (SSSR count). The Labute approximate surface area is 117 Å². The fourth-order valence-electron chi connectivity index (χ4n) is 1.46. The maximum Gasteiger partial charge on any atom is 0.310 e. The molecule has 5 heteroatoms. The zero-order valence-corrected chi connectivity index (χ0v) is 12.8. The van der Waals surface area contributed by atoms with E-state index in [4.69, 9.17) is 0 Å². The first kappa shape index (κ1) is 15.5. The number of hydrogen-bond donors (Lipinski definition) is 1. The van der Waals surface area contributed by atoms with Crippen molar-refractivity contribution in [2.24, 2.45) is 0 Å². The van der Waals surface area contributed by atoms with Crippen LogP contribution >= 0.6 is 23.1 Å². The minimum absolute atomic E-state index is 0.176. The molecule has 1 aromatic rings. The van der Waals surface area contributed by atoms with Crippen molar-refractivity contribution < 1.29 is 9.53 Å². The first-order valence-corrected chi connectivity index (χ1v) is 8.14. The standard InChI is InChI=1S/C13H21NO2S2/c1-10(17-3)6-7-14-9-12-5-4-11(18-12)8-13(15)16-2/h4-5,10,14H,6-9H2,1-3H3. The molecular weight excluding hydrogens is 266 g/mol. The lowest BCUT2D eigenvalue weighted by molar-refractivity contribution is -0.139. The molecule has 0 aliphatic carbocycles. The van der Waals surface area contributed by atoms with Crippen molar-refractivity contribution in [1.82, 2.24) is 5.32 Å². The highest BCUT2D eigenvalue weighted by atomic mass is 32.2. The van der Waals surface area contributed by atoms with Crippen molar-refractivity contribution >= 4 is 29.1 Å². The van der Waals surface area contributed by atoms with E-state index in [0.29, 0.717) is 11.7 Å². The normalized spacial score (nSPS) is 12.4. The number of rotatable bonds is 8. The van der Waals surface area contributed by atoms with Crippen LogP contribution in [0.3, 0.4) is 0 Å². The number of ether oxygens (including phenoxy) is 1. The Morgan fingerprint density at radius 2 is 2.22 bits per heavy atom. The summed E-state index contributed by atoms with van der Waals surface area (Å²) in [6.07, 6.45) is 3.70. The zero-order valence-electron chi connectivity index (χ0n) is 11.2. The minimum atomic E-state index is -0.176. The van der Waals surface area contributed by atoms with Crippen molar-refractivity contribution in [3.8, 4) is 0 Å². The summed E-state index contributed by atoms with van der Waals surface area (Å²) in [6.45, 7) is 4.16. The second kappa shape index (κ2) is 8.56. The third-order valence-electron chi connectivity index (χ3n) is 2.69. The maximum absolute atomic E-state index is 11.1. The average molecular weight is 287 g/mol. The van der Waals surface area contributed by atoms with Gasteiger partial charge in [0.1, 0.15) is 0 Å². The van der Waals surface area contributed by atoms with Crippen molar-refractivity contribution in [1.29, 1.82) is 0 Å². The van der Waals surface area contributed by atoms with Crippen molar-refractivity contribution in [2.45, 2.75) is 31.6 Å². The SMILES string of the molecule is COC(=O)Cc1ccc(CNCCC(C)SC)s1. The predicted molar refractivity (Wildman–Crippen MR) is 79.3 cm³/mol. The lowest BCUT2D eigenvalue weighted by atomic mass is 10.3. The van der Waals surface area contributed by atoms with Gasteiger partial charge in [-0.1, -0.05) is 6.92 Å². The Balaban J connectivity index is 2.25. The fraction of sp³-hybridized carbons (Fsp3) is 0.615. The molecule has 1 unspecified atom stereocenters. The average Bonchev–Trinajstić information content (AvgIpc) is 2.81. The molecule has 0 amide bonds. The molecule has 1 heterocycles. The summed E-state index contributed by atoms with van der Waals surface area (Å²) >= 11 is 3.57. The quantitative estimate of drug-likeness (QED) is 0.589. The Bertz CT molecular complexity index is 366. The first-order valence-electron chi connectivity index (χ1n) is 6.03. The summed E-state index contributed by atoms with van der Waals surface area (Å²) in [4.78, 5) is 13.5. The lowest BCUT2D eigenvalue weighted by Crippen LogP contribution is -2.16. The smallest absolute Gasteiger partial charge is 0.310 e. The summed E-state index contributed by atoms with van der Waals surface area (Å²) in [7, 11) is 1.42. The van der Waals surface area contributed by atoms with Gasteiger partial charge in [0.15, 0.2) is 0 Å². The summed E-state index contributed by atoms with van der Waals surface area (Å²) in [5.41, 5.74) is 0. The molecule has 0 saturated carbocycles. The van der Waals surface area contributed by atoms with Gasteiger partial charge < -0.3 is 10.1 Å². The van der Waals surface area contributed by atoms with Gasteiger partial charge in [-0.25, -0.2) is 0 Å². The molecule has 0 aromatic carbocycles. The number of thiophene rings is 1. The molecule has 3 nitrogen and oxygen atoms in total. The number of methoxy groups -OCH3 is 1. The van der Waals surface area contributed by atoms with E-state index in [9.17, 15) is 4.79 Å². The molecule has 1 N–H and O–H groups in total. The van der Waals surface area contributed by atoms with E-state index in [0.717, 1.165) is 18.0 Å². The van der Waals surface area contributed by atoms with E-state index in [-0.39, 0.29) is 5.97 Å². The Morgan fingerprint density at radius 3 is 2.89 bits per heavy atom. The summed E-state index contributed by atoms with van der Waals surface area (Å²) in [5, 5.41) is 4.13. The second-order valence-electron chi connectivity index (χ2n) is 4.13. The zero-order chi connectivity index (χ0) is 13.4. The molecule has 1 atom stereocenters. The summed E-state index contributed by atoms with van der Waals surface area (Å²) in [6, 6.07) is 4.08. The van der Waals surface area contributed by atoms with Gasteiger partial charge in [-0.3, -0.25) is 4.79 Å². The van der Waals surface area contributed by atoms with Gasteiger partial charge in [-0.2, -0.15) is 11.8 Å². The van der Waals surface area contributed by atoms with Gasteiger partial charge in [0.25, 0.3) is 0 Å². The van der Waals surface area contributed by atoms with Crippen LogP contribution in [0, 0.1) is 0 Å². The van der Waals surface area contributed by atoms with Crippen LogP contribution < -0.4 is 5.32 Å². The predicted octanol–water partition coefficient (Wildman–Crippen LogP) is 2.69. The van der Waals surface area contributed by atoms with E-state index in [1.807, 2.05) is 17.8 Å². The molecule has 0 saturated heterocycles. The van der Waals surface area contributed by atoms with Crippen molar-refractivity contribution in [2.75, 3.05) is 19.9 Å². The first-order chi connectivity index (χ1) is 8.65. The fourth-order valence-corrected chi connectivity index (χ4v) is 2.79. The Kier molecular flexibility index (Phi) is 7.39. The molecule has 0 aliphatic heterocycles. The highest BCUT2D eigenvalue weighted by Gasteiger charge is 2.06. The Morgan fingerprint density at radius 1 is 1.50 bits per heavy atom. The second-order valence-corrected chi connectivity index (χ2v) is 6.66. The van der Waals surface area contributed by atoms with Crippen LogP contribution in [0.2, 0.25) is 0 Å². The van der Waals surface area contributed by atoms with Gasteiger partial charge in [0, 0.05) is 21.5 Å². The molecule has 1 aromatic heterocycles. The van der Waals surface area contributed by atoms with Gasteiger partial charge in [-0.15, -0.1) is 11.3 Å². The van der Waals surface area contributed by atoms with Gasteiger partial charge in [0.05, 0.1) is 13.5 Å². The van der Waals surface area contributed by atoms with Crippen LogP contribution in [0.5, 0.6) is 0 Å². The third-order valence-corrected chi connectivity index (χ3v) is 4.82. The molecule has 0 radical (unpaired) electrons. The highest BCUT2D eigenvalue weighted by Crippen LogP contribution is 2.17. The topological polar surface area (TPSA) is 38.3 Å². The monoisotopic (exact) mass is 287 g/mol. The van der Waals surface area contributed by atoms with Gasteiger partial charge in [0.2, 0.25) is 0 Å². The van der Waals surface area contributed by atoms with Gasteiger partial charge in [-0.05, 0) is 31.4 Å². The number of nitrogens with one attached hydrogen (secondary N) is 1. The van der Waals surface area contributed by atoms with Crippen LogP contribution in [0.1, 0.15) is 23.1 Å². The molecule has 102 valence electrons. The molecule has 0 bridgehead atoms. The molecule has 0 fully saturated rings.